The number of hydrogen-bond acceptors (Lipinski definition) is 12. The molecule has 67 heavy (non-hydrogen) atoms. The zero-order chi connectivity index (χ0) is 49.0. The van der Waals surface area contributed by atoms with Crippen LogP contribution in [0.5, 0.6) is 23.0 Å². The first-order valence-electron chi connectivity index (χ1n) is 23.3. The molecule has 5 atom stereocenters. The second-order valence-electron chi connectivity index (χ2n) is 19.5. The third-order valence-corrected chi connectivity index (χ3v) is 13.9. The van der Waals surface area contributed by atoms with Crippen molar-refractivity contribution in [2.45, 2.75) is 175 Å². The van der Waals surface area contributed by atoms with Crippen LogP contribution in [0.15, 0.2) is 58.7 Å². The fraction of sp³-hybridized carbons (Fsp3) is 0.549. The van der Waals surface area contributed by atoms with Crippen LogP contribution in [0.2, 0.25) is 0 Å². The Labute approximate surface area is 395 Å². The van der Waals surface area contributed by atoms with Crippen LogP contribution in [-0.4, -0.2) is 92.6 Å². The summed E-state index contributed by atoms with van der Waals surface area (Å²) in [6.07, 6.45) is 11.8. The van der Waals surface area contributed by atoms with E-state index in [-0.39, 0.29) is 86.1 Å². The molecular formula is C51H68N2O13S. The van der Waals surface area contributed by atoms with Gasteiger partial charge in [0.15, 0.2) is 12.0 Å². The summed E-state index contributed by atoms with van der Waals surface area (Å²) in [4.78, 5) is 42.8. The number of amides is 2. The molecule has 0 spiro atoms. The molecule has 0 aromatic heterocycles. The average Bonchev–Trinajstić information content (AvgIpc) is 3.73. The molecule has 366 valence electrons. The molecule has 16 heteroatoms. The van der Waals surface area contributed by atoms with Gasteiger partial charge in [-0.2, -0.15) is 8.42 Å². The molecule has 4 N–H and O–H groups in total. The second-order valence-corrected chi connectivity index (χ2v) is 20.5. The van der Waals surface area contributed by atoms with Gasteiger partial charge in [0.1, 0.15) is 28.5 Å². The van der Waals surface area contributed by atoms with Crippen molar-refractivity contribution in [2.75, 3.05) is 6.54 Å². The van der Waals surface area contributed by atoms with Gasteiger partial charge in [0.05, 0.1) is 36.4 Å². The first-order valence-corrected chi connectivity index (χ1v) is 24.7. The number of allylic oxidation sites excluding steroid dienone is 8. The molecule has 2 aromatic carbocycles. The van der Waals surface area contributed by atoms with Gasteiger partial charge < -0.3 is 38.6 Å². The van der Waals surface area contributed by atoms with Crippen LogP contribution in [0, 0.1) is 0 Å². The van der Waals surface area contributed by atoms with Crippen molar-refractivity contribution in [2.24, 2.45) is 0 Å². The highest BCUT2D eigenvalue weighted by Gasteiger charge is 2.47. The van der Waals surface area contributed by atoms with Gasteiger partial charge in [0.25, 0.3) is 18.3 Å². The van der Waals surface area contributed by atoms with Gasteiger partial charge in [0.2, 0.25) is 0 Å². The SMILES string of the molecule is CC(C)=CCC/C(C)=C/CC[C@@]1(C)Oc2c(c(O)cc3c2CN(CCC[C@@H](OC=O)N2Cc4c(cc(OS(=O)(=O)O)c5c4O[C@](C)(CC/C=C(\C)CCC=C(C)C)[C@@H](O)C5)C2=O)C3=O)C[C@@H]1O. The van der Waals surface area contributed by atoms with Crippen LogP contribution in [0.3, 0.4) is 0 Å². The van der Waals surface area contributed by atoms with E-state index in [4.69, 9.17) is 18.4 Å². The van der Waals surface area contributed by atoms with Gasteiger partial charge in [-0.15, -0.1) is 0 Å². The number of hydrogen-bond donors (Lipinski definition) is 4. The van der Waals surface area contributed by atoms with Crippen molar-refractivity contribution >= 4 is 28.7 Å². The highest BCUT2D eigenvalue weighted by Crippen LogP contribution is 2.49. The molecule has 0 saturated heterocycles. The van der Waals surface area contributed by atoms with Gasteiger partial charge in [-0.25, -0.2) is 0 Å². The van der Waals surface area contributed by atoms with Gasteiger partial charge in [-0.1, -0.05) is 46.6 Å². The van der Waals surface area contributed by atoms with E-state index < -0.39 is 45.9 Å². The normalized spacial score (nSPS) is 22.8. The Morgan fingerprint density at radius 2 is 1.30 bits per heavy atom. The number of aliphatic hydroxyl groups is 2. The third kappa shape index (κ3) is 11.9. The molecule has 4 aliphatic rings. The molecule has 2 amide bonds. The van der Waals surface area contributed by atoms with E-state index in [2.05, 4.69) is 58.9 Å². The molecule has 0 unspecified atom stereocenters. The molecule has 0 bridgehead atoms. The predicted molar refractivity (Wildman–Crippen MR) is 252 cm³/mol. The molecular weight excluding hydrogens is 881 g/mol. The number of fused-ring (bicyclic) bond motifs is 6. The zero-order valence-corrected chi connectivity index (χ0v) is 41.0. The van der Waals surface area contributed by atoms with Crippen LogP contribution in [-0.2, 0) is 45.9 Å². The van der Waals surface area contributed by atoms with Crippen LogP contribution < -0.4 is 13.7 Å². The quantitative estimate of drug-likeness (QED) is 0.0526. The van der Waals surface area contributed by atoms with Crippen molar-refractivity contribution in [1.29, 1.82) is 0 Å². The molecule has 15 nitrogen and oxygen atoms in total. The predicted octanol–water partition coefficient (Wildman–Crippen LogP) is 8.52. The van der Waals surface area contributed by atoms with Crippen molar-refractivity contribution in [3.05, 3.63) is 92.1 Å². The minimum atomic E-state index is -5.05. The molecule has 6 rings (SSSR count). The number of nitrogens with zero attached hydrogens (tertiary/aromatic N) is 2. The first-order chi connectivity index (χ1) is 31.5. The first kappa shape index (κ1) is 51.2. The standard InChI is InChI=1S/C51H68N2O13S/c1-31(2)14-9-16-33(5)18-11-21-50(7)43(56)26-37-41(55)24-35-39(46(37)64-50)28-52(48(35)58)23-13-20-45(63-30-54)53-29-40-36(49(53)59)25-42(66-67(60,61)62)38-27-44(57)51(8,65-47(38)40)22-12-19-34(6)17-10-15-32(3)4/h14-15,18-19,24-25,30,43-45,55-57H,9-13,16-17,20-23,26-29H2,1-8H3,(H,60,61,62)/b33-18+,34-19+/t43-,44-,45+,50+,51+/m0/s1. The number of rotatable bonds is 21. The largest absolute Gasteiger partial charge is 0.508 e. The molecule has 0 saturated carbocycles. The number of benzene rings is 2. The smallest absolute Gasteiger partial charge is 0.446 e. The summed E-state index contributed by atoms with van der Waals surface area (Å²) in [5.41, 5.74) is 4.75. The highest BCUT2D eigenvalue weighted by atomic mass is 32.3. The Morgan fingerprint density at radius 3 is 1.84 bits per heavy atom. The van der Waals surface area contributed by atoms with E-state index in [0.29, 0.717) is 53.7 Å². The fourth-order valence-corrected chi connectivity index (χ4v) is 9.86. The van der Waals surface area contributed by atoms with Gasteiger partial charge in [-0.3, -0.25) is 23.8 Å². The number of ether oxygens (including phenoxy) is 3. The molecule has 0 aliphatic carbocycles. The highest BCUT2D eigenvalue weighted by molar-refractivity contribution is 7.81. The number of phenolic OH excluding ortho intramolecular Hbond substituents is 1. The summed E-state index contributed by atoms with van der Waals surface area (Å²) in [5.74, 6) is -0.888. The molecule has 4 aliphatic heterocycles. The summed E-state index contributed by atoms with van der Waals surface area (Å²) in [6.45, 7) is 16.5. The maximum atomic E-state index is 14.2. The van der Waals surface area contributed by atoms with E-state index in [0.717, 1.165) is 25.7 Å². The Bertz CT molecular complexity index is 2470. The van der Waals surface area contributed by atoms with Crippen molar-refractivity contribution in [3.8, 4) is 23.0 Å². The van der Waals surface area contributed by atoms with Crippen LogP contribution >= 0.6 is 0 Å². The van der Waals surface area contributed by atoms with E-state index in [1.165, 1.54) is 39.3 Å². The molecule has 0 radical (unpaired) electrons. The lowest BCUT2D eigenvalue weighted by atomic mass is 9.84. The number of carbonyl (C=O) groups excluding carboxylic acids is 3. The average molecular weight is 949 g/mol. The van der Waals surface area contributed by atoms with Crippen molar-refractivity contribution in [1.82, 2.24) is 9.80 Å². The van der Waals surface area contributed by atoms with Gasteiger partial charge >= 0.3 is 10.4 Å². The lowest BCUT2D eigenvalue weighted by molar-refractivity contribution is -0.141. The number of phenols is 1. The second kappa shape index (κ2) is 21.0. The summed E-state index contributed by atoms with van der Waals surface area (Å²) in [6, 6.07) is 2.61. The molecule has 2 aromatic rings. The lowest BCUT2D eigenvalue weighted by Crippen LogP contribution is -2.49. The zero-order valence-electron chi connectivity index (χ0n) is 40.1. The summed E-state index contributed by atoms with van der Waals surface area (Å²) in [5, 5.41) is 33.7. The van der Waals surface area contributed by atoms with Crippen molar-refractivity contribution < 1.29 is 61.1 Å². The Hall–Kier alpha value is -5.16. The molecule has 4 heterocycles. The Balaban J connectivity index is 1.16. The van der Waals surface area contributed by atoms with E-state index in [9.17, 15) is 42.7 Å². The maximum absolute atomic E-state index is 14.2. The van der Waals surface area contributed by atoms with Gasteiger partial charge in [0, 0.05) is 48.1 Å². The van der Waals surface area contributed by atoms with Gasteiger partial charge in [-0.05, 0) is 125 Å². The fourth-order valence-electron chi connectivity index (χ4n) is 9.48. The van der Waals surface area contributed by atoms with E-state index in [1.54, 1.807) is 11.8 Å². The maximum Gasteiger partial charge on any atom is 0.446 e. The monoisotopic (exact) mass is 948 g/mol. The number of aromatic hydroxyl groups is 1. The Kier molecular flexibility index (Phi) is 16.1. The summed E-state index contributed by atoms with van der Waals surface area (Å²) in [7, 11) is -5.05. The number of carbonyl (C=O) groups is 3. The lowest BCUT2D eigenvalue weighted by Gasteiger charge is -2.41. The summed E-state index contributed by atoms with van der Waals surface area (Å²) >= 11 is 0. The minimum absolute atomic E-state index is 0.0168. The summed E-state index contributed by atoms with van der Waals surface area (Å²) < 4.78 is 57.2. The van der Waals surface area contributed by atoms with E-state index >= 15 is 0 Å². The number of aliphatic hydroxyl groups excluding tert-OH is 2. The van der Waals surface area contributed by atoms with Crippen molar-refractivity contribution in [3.63, 3.8) is 0 Å². The topological polar surface area (TPSA) is 210 Å². The minimum Gasteiger partial charge on any atom is -0.508 e. The van der Waals surface area contributed by atoms with Crippen LogP contribution in [0.25, 0.3) is 0 Å². The van der Waals surface area contributed by atoms with Crippen LogP contribution in [0.1, 0.15) is 163 Å². The molecule has 0 fully saturated rings. The van der Waals surface area contributed by atoms with Crippen LogP contribution in [0.4, 0.5) is 0 Å². The third-order valence-electron chi connectivity index (χ3n) is 13.6. The van der Waals surface area contributed by atoms with E-state index in [1.807, 2.05) is 13.8 Å². The Morgan fingerprint density at radius 1 is 0.776 bits per heavy atom.